The molecule has 0 saturated heterocycles. The molecule has 0 aliphatic carbocycles. The van der Waals surface area contributed by atoms with Crippen molar-refractivity contribution < 1.29 is 0 Å². The molecule has 8 heavy (non-hydrogen) atoms. The minimum atomic E-state index is 0.576. The fraction of sp³-hybridized carbons (Fsp3) is 0.667. The van der Waals surface area contributed by atoms with Crippen molar-refractivity contribution in [1.82, 2.24) is 20.2 Å². The lowest BCUT2D eigenvalue weighted by Crippen LogP contribution is -1.95. The van der Waals surface area contributed by atoms with Gasteiger partial charge >= 0.3 is 0 Å². The Morgan fingerprint density at radius 1 is 1.88 bits per heavy atom. The summed E-state index contributed by atoms with van der Waals surface area (Å²) in [4.78, 5) is 0. The van der Waals surface area contributed by atoms with Crippen LogP contribution in [-0.2, 0) is 6.54 Å². The summed E-state index contributed by atoms with van der Waals surface area (Å²) in [6, 6.07) is 0. The van der Waals surface area contributed by atoms with Gasteiger partial charge in [-0.1, -0.05) is 0 Å². The van der Waals surface area contributed by atoms with Crippen LogP contribution in [0.4, 0.5) is 0 Å². The summed E-state index contributed by atoms with van der Waals surface area (Å²) in [5.74, 6) is 0. The van der Waals surface area contributed by atoms with Crippen LogP contribution < -0.4 is 0 Å². The van der Waals surface area contributed by atoms with Crippen LogP contribution in [0.2, 0.25) is 0 Å². The largest absolute Gasteiger partial charge is 0.232 e. The molecule has 0 aromatic carbocycles. The molecule has 0 fully saturated rings. The Hall–Kier alpha value is -0.710. The summed E-state index contributed by atoms with van der Waals surface area (Å²) in [5.41, 5.74) is 0. The van der Waals surface area contributed by atoms with Gasteiger partial charge in [-0.25, -0.2) is 9.78 Å². The molecule has 0 atom stereocenters. The first-order valence-electron chi connectivity index (χ1n) is 2.32. The van der Waals surface area contributed by atoms with Crippen LogP contribution in [0, 0.1) is 4.77 Å². The Morgan fingerprint density at radius 2 is 2.62 bits per heavy atom. The number of rotatable bonds is 1. The second-order valence-electron chi connectivity index (χ2n) is 1.32. The van der Waals surface area contributed by atoms with Crippen molar-refractivity contribution in [2.24, 2.45) is 0 Å². The molecule has 0 unspecified atom stereocenters. The van der Waals surface area contributed by atoms with Crippen molar-refractivity contribution in [3.8, 4) is 0 Å². The molecule has 0 aliphatic rings. The van der Waals surface area contributed by atoms with Gasteiger partial charge in [0, 0.05) is 6.54 Å². The summed E-state index contributed by atoms with van der Waals surface area (Å²) in [7, 11) is 0. The zero-order valence-electron chi connectivity index (χ0n) is 4.46. The standard InChI is InChI=1S/C3H6N4S/c1-2-7-3(8)4-5-6-7/h2H2,1H3,(H,4,6,8). The number of nitrogens with zero attached hydrogens (tertiary/aromatic N) is 3. The maximum Gasteiger partial charge on any atom is 0.213 e. The van der Waals surface area contributed by atoms with E-state index >= 15 is 0 Å². The Labute approximate surface area is 51.5 Å². The molecule has 1 heterocycles. The highest BCUT2D eigenvalue weighted by atomic mass is 32.1. The minimum absolute atomic E-state index is 0.576. The molecular formula is C3H6N4S. The normalized spacial score (nSPS) is 9.62. The van der Waals surface area contributed by atoms with E-state index in [1.807, 2.05) is 6.92 Å². The van der Waals surface area contributed by atoms with E-state index in [1.165, 1.54) is 0 Å². The zero-order valence-corrected chi connectivity index (χ0v) is 5.27. The number of hydrogen-bond acceptors (Lipinski definition) is 3. The van der Waals surface area contributed by atoms with Gasteiger partial charge in [-0.05, 0) is 29.6 Å². The second kappa shape index (κ2) is 2.04. The Morgan fingerprint density at radius 3 is 2.88 bits per heavy atom. The lowest BCUT2D eigenvalue weighted by atomic mass is 10.8. The molecule has 1 N–H and O–H groups in total. The van der Waals surface area contributed by atoms with Crippen LogP contribution in [0.5, 0.6) is 0 Å². The van der Waals surface area contributed by atoms with Gasteiger partial charge in [0.2, 0.25) is 4.77 Å². The molecule has 0 aliphatic heterocycles. The first-order valence-corrected chi connectivity index (χ1v) is 2.73. The van der Waals surface area contributed by atoms with Crippen LogP contribution in [0.15, 0.2) is 0 Å². The molecule has 5 heteroatoms. The number of aromatic amines is 1. The van der Waals surface area contributed by atoms with Gasteiger partial charge in [0.1, 0.15) is 0 Å². The molecule has 0 amide bonds. The highest BCUT2D eigenvalue weighted by Gasteiger charge is 1.86. The summed E-state index contributed by atoms with van der Waals surface area (Å²) >= 11 is 4.77. The average molecular weight is 130 g/mol. The van der Waals surface area contributed by atoms with Gasteiger partial charge in [-0.2, -0.15) is 0 Å². The highest BCUT2D eigenvalue weighted by Crippen LogP contribution is 1.78. The fourth-order valence-corrected chi connectivity index (χ4v) is 0.631. The summed E-state index contributed by atoms with van der Waals surface area (Å²) in [6.45, 7) is 2.73. The Balaban J connectivity index is 3.11. The number of nitrogens with one attached hydrogen (secondary N) is 1. The van der Waals surface area contributed by atoms with E-state index in [1.54, 1.807) is 4.68 Å². The summed E-state index contributed by atoms with van der Waals surface area (Å²) in [5, 5.41) is 9.65. The Kier molecular flexibility index (Phi) is 1.38. The van der Waals surface area contributed by atoms with Gasteiger partial charge in [0.05, 0.1) is 0 Å². The van der Waals surface area contributed by atoms with Crippen LogP contribution in [0.3, 0.4) is 0 Å². The van der Waals surface area contributed by atoms with Crippen LogP contribution in [0.25, 0.3) is 0 Å². The highest BCUT2D eigenvalue weighted by molar-refractivity contribution is 7.71. The quantitative estimate of drug-likeness (QED) is 0.558. The van der Waals surface area contributed by atoms with Crippen molar-refractivity contribution in [3.05, 3.63) is 4.77 Å². The van der Waals surface area contributed by atoms with Crippen molar-refractivity contribution in [2.75, 3.05) is 0 Å². The van der Waals surface area contributed by atoms with Crippen molar-refractivity contribution >= 4 is 12.2 Å². The predicted molar refractivity (Wildman–Crippen MR) is 30.9 cm³/mol. The molecule has 0 spiro atoms. The van der Waals surface area contributed by atoms with E-state index in [-0.39, 0.29) is 0 Å². The van der Waals surface area contributed by atoms with E-state index in [9.17, 15) is 0 Å². The fourth-order valence-electron chi connectivity index (χ4n) is 0.424. The van der Waals surface area contributed by atoms with Crippen molar-refractivity contribution in [3.63, 3.8) is 0 Å². The maximum atomic E-state index is 4.77. The minimum Gasteiger partial charge on any atom is -0.232 e. The van der Waals surface area contributed by atoms with Gasteiger partial charge < -0.3 is 0 Å². The molecule has 4 nitrogen and oxygen atoms in total. The van der Waals surface area contributed by atoms with E-state index in [2.05, 4.69) is 15.5 Å². The predicted octanol–water partition coefficient (Wildman–Crippen LogP) is 0.356. The van der Waals surface area contributed by atoms with E-state index in [0.717, 1.165) is 6.54 Å². The summed E-state index contributed by atoms with van der Waals surface area (Å²) < 4.78 is 2.18. The first-order chi connectivity index (χ1) is 3.84. The molecule has 44 valence electrons. The van der Waals surface area contributed by atoms with E-state index in [4.69, 9.17) is 12.2 Å². The monoisotopic (exact) mass is 130 g/mol. The van der Waals surface area contributed by atoms with Gasteiger partial charge in [0.15, 0.2) is 0 Å². The molecule has 0 saturated carbocycles. The van der Waals surface area contributed by atoms with Gasteiger partial charge in [-0.15, -0.1) is 0 Å². The van der Waals surface area contributed by atoms with Crippen molar-refractivity contribution in [1.29, 1.82) is 0 Å². The van der Waals surface area contributed by atoms with E-state index < -0.39 is 0 Å². The van der Waals surface area contributed by atoms with Crippen LogP contribution in [0.1, 0.15) is 6.92 Å². The molecular weight excluding hydrogens is 124 g/mol. The van der Waals surface area contributed by atoms with Gasteiger partial charge in [0.25, 0.3) is 0 Å². The number of aryl methyl sites for hydroxylation is 1. The maximum absolute atomic E-state index is 4.77. The number of H-pyrrole nitrogens is 1. The third-order valence-corrected chi connectivity index (χ3v) is 1.13. The molecule has 1 rings (SSSR count). The second-order valence-corrected chi connectivity index (χ2v) is 1.71. The molecule has 1 aromatic rings. The Bertz CT molecular complexity index is 211. The average Bonchev–Trinajstić information content (AvgIpc) is 2.14. The third-order valence-electron chi connectivity index (χ3n) is 0.832. The third kappa shape index (κ3) is 0.764. The molecule has 0 bridgehead atoms. The van der Waals surface area contributed by atoms with Crippen LogP contribution >= 0.6 is 12.2 Å². The summed E-state index contributed by atoms with van der Waals surface area (Å²) in [6.07, 6.45) is 0. The number of aromatic nitrogens is 4. The van der Waals surface area contributed by atoms with Gasteiger partial charge in [-0.3, -0.25) is 0 Å². The first kappa shape index (κ1) is 5.43. The number of hydrogen-bond donors (Lipinski definition) is 1. The molecule has 1 aromatic heterocycles. The van der Waals surface area contributed by atoms with E-state index in [0.29, 0.717) is 4.77 Å². The number of tetrazole rings is 1. The van der Waals surface area contributed by atoms with Crippen molar-refractivity contribution in [2.45, 2.75) is 13.5 Å². The lowest BCUT2D eigenvalue weighted by Gasteiger charge is -1.84. The SMILES string of the molecule is CCn1nn[nH]c1=S. The van der Waals surface area contributed by atoms with Crippen LogP contribution in [-0.4, -0.2) is 20.2 Å². The molecule has 0 radical (unpaired) electrons. The lowest BCUT2D eigenvalue weighted by molar-refractivity contribution is 0.620. The smallest absolute Gasteiger partial charge is 0.213 e. The zero-order chi connectivity index (χ0) is 5.98. The topological polar surface area (TPSA) is 46.5 Å².